The molecule has 0 aromatic rings. The molecular formula is C32H51O10P. The fraction of sp³-hybridized carbons (Fsp3) is 0.562. The van der Waals surface area contributed by atoms with Crippen LogP contribution in [0.4, 0.5) is 0 Å². The molecule has 3 N–H and O–H groups in total. The molecule has 3 atom stereocenters. The van der Waals surface area contributed by atoms with E-state index in [1.54, 1.807) is 0 Å². The maximum Gasteiger partial charge on any atom is 0.472 e. The highest BCUT2D eigenvalue weighted by molar-refractivity contribution is 7.47. The third kappa shape index (κ3) is 28.0. The third-order valence-electron chi connectivity index (χ3n) is 5.49. The Morgan fingerprint density at radius 3 is 1.98 bits per heavy atom. The van der Waals surface area contributed by atoms with E-state index in [0.717, 1.165) is 32.1 Å². The molecule has 0 bridgehead atoms. The number of hydrogen-bond donors (Lipinski definition) is 3. The summed E-state index contributed by atoms with van der Waals surface area (Å²) in [5.41, 5.74) is 0. The van der Waals surface area contributed by atoms with E-state index >= 15 is 0 Å². The molecule has 11 heteroatoms. The Labute approximate surface area is 257 Å². The van der Waals surface area contributed by atoms with Gasteiger partial charge in [-0.15, -0.1) is 0 Å². The lowest BCUT2D eigenvalue weighted by atomic mass is 10.2. The molecule has 2 unspecified atom stereocenters. The predicted octanol–water partition coefficient (Wildman–Crippen LogP) is 6.21. The second-order valence-corrected chi connectivity index (χ2v) is 11.0. The minimum atomic E-state index is -4.63. The average molecular weight is 627 g/mol. The Morgan fingerprint density at radius 2 is 1.33 bits per heavy atom. The molecule has 0 spiro atoms. The Balaban J connectivity index is 4.71. The van der Waals surface area contributed by atoms with Crippen molar-refractivity contribution in [3.8, 4) is 0 Å². The van der Waals surface area contributed by atoms with Crippen molar-refractivity contribution in [2.45, 2.75) is 90.3 Å². The van der Waals surface area contributed by atoms with Crippen LogP contribution in [0.3, 0.4) is 0 Å². The van der Waals surface area contributed by atoms with Crippen LogP contribution < -0.4 is 0 Å². The summed E-state index contributed by atoms with van der Waals surface area (Å²) in [7, 11) is -4.63. The van der Waals surface area contributed by atoms with Crippen LogP contribution in [0.2, 0.25) is 0 Å². The van der Waals surface area contributed by atoms with Crippen molar-refractivity contribution in [1.29, 1.82) is 0 Å². The maximum atomic E-state index is 12.4. The van der Waals surface area contributed by atoms with Crippen LogP contribution in [-0.4, -0.2) is 65.7 Å². The van der Waals surface area contributed by atoms with Crippen molar-refractivity contribution >= 4 is 19.8 Å². The minimum Gasteiger partial charge on any atom is -0.462 e. The first kappa shape index (κ1) is 40.4. The number of aliphatic hydroxyl groups excluding tert-OH is 2. The van der Waals surface area contributed by atoms with Gasteiger partial charge in [0.1, 0.15) is 12.7 Å². The van der Waals surface area contributed by atoms with Crippen LogP contribution in [0.5, 0.6) is 0 Å². The summed E-state index contributed by atoms with van der Waals surface area (Å²) in [4.78, 5) is 34.4. The van der Waals surface area contributed by atoms with E-state index in [9.17, 15) is 24.2 Å². The number of carbonyl (C=O) groups excluding carboxylic acids is 2. The summed E-state index contributed by atoms with van der Waals surface area (Å²) < 4.78 is 32.1. The van der Waals surface area contributed by atoms with E-state index in [0.29, 0.717) is 19.3 Å². The smallest absolute Gasteiger partial charge is 0.462 e. The molecule has 43 heavy (non-hydrogen) atoms. The van der Waals surface area contributed by atoms with Crippen LogP contribution in [-0.2, 0) is 32.7 Å². The van der Waals surface area contributed by atoms with E-state index in [1.165, 1.54) is 0 Å². The molecule has 0 rings (SSSR count). The highest BCUT2D eigenvalue weighted by Crippen LogP contribution is 2.43. The van der Waals surface area contributed by atoms with Crippen LogP contribution in [0, 0.1) is 0 Å². The number of aliphatic hydroxyl groups is 2. The van der Waals surface area contributed by atoms with Crippen LogP contribution in [0.1, 0.15) is 78.1 Å². The quantitative estimate of drug-likeness (QED) is 0.0333. The summed E-state index contributed by atoms with van der Waals surface area (Å²) in [5, 5.41) is 18.1. The largest absolute Gasteiger partial charge is 0.472 e. The zero-order valence-electron chi connectivity index (χ0n) is 25.6. The molecule has 244 valence electrons. The number of ether oxygens (including phenoxy) is 2. The Hall–Kier alpha value is -2.59. The van der Waals surface area contributed by atoms with Crippen LogP contribution in [0.25, 0.3) is 0 Å². The fourth-order valence-electron chi connectivity index (χ4n) is 3.15. The monoisotopic (exact) mass is 626 g/mol. The maximum absolute atomic E-state index is 12.4. The molecule has 0 saturated carbocycles. The van der Waals surface area contributed by atoms with Crippen LogP contribution in [0.15, 0.2) is 72.9 Å². The van der Waals surface area contributed by atoms with Gasteiger partial charge in [-0.3, -0.25) is 18.6 Å². The SMILES string of the molecule is CC/C=C/C=C/C=C/C=C/C=C/CCCC(=O)OC(COC(=O)CC/C=C/CCCCC)COP(=O)(O)OC[C@@H](O)CO. The van der Waals surface area contributed by atoms with Gasteiger partial charge in [0.15, 0.2) is 6.10 Å². The molecule has 0 aromatic heterocycles. The van der Waals surface area contributed by atoms with E-state index in [-0.39, 0.29) is 19.4 Å². The van der Waals surface area contributed by atoms with Gasteiger partial charge in [-0.25, -0.2) is 4.57 Å². The van der Waals surface area contributed by atoms with E-state index < -0.39 is 51.8 Å². The molecular weight excluding hydrogens is 575 g/mol. The number of carbonyl (C=O) groups is 2. The molecule has 10 nitrogen and oxygen atoms in total. The normalized spacial score (nSPS) is 15.4. The van der Waals surface area contributed by atoms with Crippen molar-refractivity contribution < 1.29 is 47.8 Å². The first-order valence-electron chi connectivity index (χ1n) is 15.0. The number of phosphoric ester groups is 1. The lowest BCUT2D eigenvalue weighted by Gasteiger charge is -2.20. The number of rotatable bonds is 26. The standard InChI is InChI=1S/C32H51O10P/c1-3-5-7-9-11-12-13-14-15-16-18-20-22-24-32(36)42-30(28-41-43(37,38)40-26-29(34)25-33)27-39-31(35)23-21-19-17-10-8-6-4-2/h5,7,9,11-19,29-30,33-34H,3-4,6,8,10,20-28H2,1-2H3,(H,37,38)/b7-5+,11-9+,13-12+,15-14+,18-16+,19-17+/t29-,30?/m0/s1. The molecule has 0 fully saturated rings. The minimum absolute atomic E-state index is 0.0767. The predicted molar refractivity (Wildman–Crippen MR) is 168 cm³/mol. The number of hydrogen-bond acceptors (Lipinski definition) is 9. The molecule has 0 aliphatic heterocycles. The molecule has 0 saturated heterocycles. The fourth-order valence-corrected chi connectivity index (χ4v) is 3.94. The molecule has 0 amide bonds. The van der Waals surface area contributed by atoms with Gasteiger partial charge in [0.2, 0.25) is 0 Å². The summed E-state index contributed by atoms with van der Waals surface area (Å²) in [6, 6.07) is 0. The number of phosphoric acid groups is 1. The zero-order valence-corrected chi connectivity index (χ0v) is 26.5. The van der Waals surface area contributed by atoms with Gasteiger partial charge in [-0.1, -0.05) is 99.6 Å². The van der Waals surface area contributed by atoms with Gasteiger partial charge in [-0.05, 0) is 38.5 Å². The zero-order chi connectivity index (χ0) is 32.0. The first-order chi connectivity index (χ1) is 20.7. The van der Waals surface area contributed by atoms with E-state index in [4.69, 9.17) is 19.1 Å². The van der Waals surface area contributed by atoms with Gasteiger partial charge in [0, 0.05) is 12.8 Å². The second-order valence-electron chi connectivity index (χ2n) is 9.51. The summed E-state index contributed by atoms with van der Waals surface area (Å²) in [6.07, 6.45) is 28.0. The van der Waals surface area contributed by atoms with Gasteiger partial charge in [-0.2, -0.15) is 0 Å². The Morgan fingerprint density at radius 1 is 0.721 bits per heavy atom. The van der Waals surface area contributed by atoms with Crippen molar-refractivity contribution in [3.63, 3.8) is 0 Å². The number of unbranched alkanes of at least 4 members (excludes halogenated alkanes) is 4. The third-order valence-corrected chi connectivity index (χ3v) is 6.44. The summed E-state index contributed by atoms with van der Waals surface area (Å²) >= 11 is 0. The molecule has 0 heterocycles. The van der Waals surface area contributed by atoms with Gasteiger partial charge < -0.3 is 24.6 Å². The molecule has 0 aliphatic carbocycles. The number of esters is 2. The molecule has 0 aliphatic rings. The highest BCUT2D eigenvalue weighted by Gasteiger charge is 2.27. The van der Waals surface area contributed by atoms with Gasteiger partial charge >= 0.3 is 19.8 Å². The van der Waals surface area contributed by atoms with Gasteiger partial charge in [0.05, 0.1) is 19.8 Å². The first-order valence-corrected chi connectivity index (χ1v) is 16.5. The lowest BCUT2D eigenvalue weighted by molar-refractivity contribution is -0.161. The Kier molecular flexibility index (Phi) is 26.5. The van der Waals surface area contributed by atoms with E-state index in [2.05, 4.69) is 24.4 Å². The van der Waals surface area contributed by atoms with Crippen molar-refractivity contribution in [3.05, 3.63) is 72.9 Å². The summed E-state index contributed by atoms with van der Waals surface area (Å²) in [6.45, 7) is 1.96. The van der Waals surface area contributed by atoms with E-state index in [1.807, 2.05) is 66.8 Å². The van der Waals surface area contributed by atoms with Crippen molar-refractivity contribution in [2.75, 3.05) is 26.4 Å². The van der Waals surface area contributed by atoms with Gasteiger partial charge in [0.25, 0.3) is 0 Å². The lowest BCUT2D eigenvalue weighted by Crippen LogP contribution is -2.29. The number of allylic oxidation sites excluding steroid dienone is 12. The summed E-state index contributed by atoms with van der Waals surface area (Å²) in [5.74, 6) is -1.09. The highest BCUT2D eigenvalue weighted by atomic mass is 31.2. The topological polar surface area (TPSA) is 149 Å². The average Bonchev–Trinajstić information content (AvgIpc) is 2.99. The second kappa shape index (κ2) is 28.2. The van der Waals surface area contributed by atoms with Crippen molar-refractivity contribution in [2.24, 2.45) is 0 Å². The van der Waals surface area contributed by atoms with Crippen molar-refractivity contribution in [1.82, 2.24) is 0 Å². The van der Waals surface area contributed by atoms with Crippen LogP contribution >= 0.6 is 7.82 Å². The Bertz CT molecular complexity index is 952. The molecule has 0 radical (unpaired) electrons. The molecule has 0 aromatic carbocycles.